The quantitative estimate of drug-likeness (QED) is 0.561. The van der Waals surface area contributed by atoms with Crippen LogP contribution >= 0.6 is 0 Å². The SMILES string of the molecule is CCOC(=O)C1CCC(C)=N1. The fourth-order valence-electron chi connectivity index (χ4n) is 1.15. The molecule has 0 saturated heterocycles. The lowest BCUT2D eigenvalue weighted by Gasteiger charge is -2.04. The number of esters is 1. The van der Waals surface area contributed by atoms with E-state index in [1.165, 1.54) is 0 Å². The summed E-state index contributed by atoms with van der Waals surface area (Å²) in [6, 6.07) is -0.213. The monoisotopic (exact) mass is 155 g/mol. The van der Waals surface area contributed by atoms with Gasteiger partial charge in [0, 0.05) is 5.71 Å². The van der Waals surface area contributed by atoms with E-state index < -0.39 is 0 Å². The maximum Gasteiger partial charge on any atom is 0.330 e. The molecule has 0 aromatic carbocycles. The zero-order valence-electron chi connectivity index (χ0n) is 6.96. The van der Waals surface area contributed by atoms with Gasteiger partial charge in [-0.15, -0.1) is 0 Å². The minimum atomic E-state index is -0.213. The van der Waals surface area contributed by atoms with Gasteiger partial charge in [-0.2, -0.15) is 0 Å². The third-order valence-corrected chi connectivity index (χ3v) is 1.71. The van der Waals surface area contributed by atoms with Gasteiger partial charge in [-0.25, -0.2) is 4.79 Å². The third-order valence-electron chi connectivity index (χ3n) is 1.71. The van der Waals surface area contributed by atoms with Crippen LogP contribution in [0.4, 0.5) is 0 Å². The highest BCUT2D eigenvalue weighted by Crippen LogP contribution is 2.13. The summed E-state index contributed by atoms with van der Waals surface area (Å²) in [5.74, 6) is -0.177. The molecule has 1 unspecified atom stereocenters. The Morgan fingerprint density at radius 2 is 2.55 bits per heavy atom. The van der Waals surface area contributed by atoms with Crippen molar-refractivity contribution in [2.24, 2.45) is 4.99 Å². The van der Waals surface area contributed by atoms with Crippen LogP contribution in [-0.2, 0) is 9.53 Å². The van der Waals surface area contributed by atoms with Gasteiger partial charge in [0.05, 0.1) is 6.61 Å². The Hall–Kier alpha value is -0.860. The third kappa shape index (κ3) is 2.03. The second-order valence-corrected chi connectivity index (χ2v) is 2.67. The molecule has 1 atom stereocenters. The van der Waals surface area contributed by atoms with Crippen molar-refractivity contribution in [2.75, 3.05) is 6.61 Å². The Morgan fingerprint density at radius 1 is 1.82 bits per heavy atom. The number of rotatable bonds is 2. The molecule has 0 bridgehead atoms. The van der Waals surface area contributed by atoms with Crippen molar-refractivity contribution >= 4 is 11.7 Å². The average molecular weight is 155 g/mol. The first kappa shape index (κ1) is 8.24. The highest BCUT2D eigenvalue weighted by molar-refractivity contribution is 5.89. The van der Waals surface area contributed by atoms with Crippen LogP contribution in [0.15, 0.2) is 4.99 Å². The van der Waals surface area contributed by atoms with E-state index in [0.717, 1.165) is 18.6 Å². The smallest absolute Gasteiger partial charge is 0.330 e. The largest absolute Gasteiger partial charge is 0.464 e. The van der Waals surface area contributed by atoms with Crippen LogP contribution in [-0.4, -0.2) is 24.3 Å². The number of nitrogens with zero attached hydrogens (tertiary/aromatic N) is 1. The second kappa shape index (κ2) is 3.51. The van der Waals surface area contributed by atoms with Gasteiger partial charge >= 0.3 is 5.97 Å². The molecule has 1 heterocycles. The van der Waals surface area contributed by atoms with Gasteiger partial charge in [0.25, 0.3) is 0 Å². The molecule has 3 nitrogen and oxygen atoms in total. The van der Waals surface area contributed by atoms with Crippen LogP contribution in [0.5, 0.6) is 0 Å². The van der Waals surface area contributed by atoms with Gasteiger partial charge in [0.15, 0.2) is 0 Å². The number of carbonyl (C=O) groups is 1. The lowest BCUT2D eigenvalue weighted by molar-refractivity contribution is -0.144. The van der Waals surface area contributed by atoms with E-state index in [0.29, 0.717) is 6.61 Å². The van der Waals surface area contributed by atoms with E-state index >= 15 is 0 Å². The molecule has 1 rings (SSSR count). The Labute approximate surface area is 66.5 Å². The maximum absolute atomic E-state index is 11.1. The lowest BCUT2D eigenvalue weighted by atomic mass is 10.2. The average Bonchev–Trinajstić information content (AvgIpc) is 2.36. The Morgan fingerprint density at radius 3 is 3.00 bits per heavy atom. The number of hydrogen-bond acceptors (Lipinski definition) is 3. The summed E-state index contributed by atoms with van der Waals surface area (Å²) >= 11 is 0. The van der Waals surface area contributed by atoms with E-state index in [-0.39, 0.29) is 12.0 Å². The van der Waals surface area contributed by atoms with E-state index in [1.807, 2.05) is 13.8 Å². The van der Waals surface area contributed by atoms with Crippen molar-refractivity contribution in [2.45, 2.75) is 32.7 Å². The van der Waals surface area contributed by atoms with Crippen LogP contribution in [0, 0.1) is 0 Å². The summed E-state index contributed by atoms with van der Waals surface area (Å²) in [6.07, 6.45) is 1.76. The van der Waals surface area contributed by atoms with Crippen molar-refractivity contribution in [3.63, 3.8) is 0 Å². The van der Waals surface area contributed by atoms with Gasteiger partial charge in [-0.3, -0.25) is 4.99 Å². The van der Waals surface area contributed by atoms with Crippen LogP contribution in [0.3, 0.4) is 0 Å². The van der Waals surface area contributed by atoms with E-state index in [2.05, 4.69) is 4.99 Å². The zero-order valence-corrected chi connectivity index (χ0v) is 6.96. The zero-order chi connectivity index (χ0) is 8.27. The highest BCUT2D eigenvalue weighted by atomic mass is 16.5. The summed E-state index contributed by atoms with van der Waals surface area (Å²) < 4.78 is 4.83. The van der Waals surface area contributed by atoms with Gasteiger partial charge in [0.1, 0.15) is 6.04 Å². The van der Waals surface area contributed by atoms with Gasteiger partial charge in [-0.05, 0) is 26.7 Å². The van der Waals surface area contributed by atoms with E-state index in [4.69, 9.17) is 4.74 Å². The van der Waals surface area contributed by atoms with Crippen molar-refractivity contribution in [1.82, 2.24) is 0 Å². The van der Waals surface area contributed by atoms with Gasteiger partial charge < -0.3 is 4.74 Å². The molecule has 0 amide bonds. The number of hydrogen-bond donors (Lipinski definition) is 0. The molecule has 0 N–H and O–H groups in total. The maximum atomic E-state index is 11.1. The molecule has 0 spiro atoms. The fraction of sp³-hybridized carbons (Fsp3) is 0.750. The molecule has 0 radical (unpaired) electrons. The van der Waals surface area contributed by atoms with Crippen molar-refractivity contribution in [3.8, 4) is 0 Å². The number of aliphatic imine (C=N–C) groups is 1. The van der Waals surface area contributed by atoms with E-state index in [1.54, 1.807) is 0 Å². The molecule has 0 aromatic rings. The molecule has 1 aliphatic rings. The van der Waals surface area contributed by atoms with E-state index in [9.17, 15) is 4.79 Å². The van der Waals surface area contributed by atoms with Crippen molar-refractivity contribution in [3.05, 3.63) is 0 Å². The molecular weight excluding hydrogens is 142 g/mol. The molecule has 11 heavy (non-hydrogen) atoms. The molecule has 0 saturated carbocycles. The number of ether oxygens (including phenoxy) is 1. The standard InChI is InChI=1S/C8H13NO2/c1-3-11-8(10)7-5-4-6(2)9-7/h7H,3-5H2,1-2H3. The topological polar surface area (TPSA) is 38.7 Å². The first-order valence-corrected chi connectivity index (χ1v) is 3.94. The van der Waals surface area contributed by atoms with Gasteiger partial charge in [-0.1, -0.05) is 0 Å². The van der Waals surface area contributed by atoms with Crippen LogP contribution in [0.2, 0.25) is 0 Å². The minimum absolute atomic E-state index is 0.177. The normalized spacial score (nSPS) is 23.1. The van der Waals surface area contributed by atoms with Crippen LogP contribution in [0.1, 0.15) is 26.7 Å². The van der Waals surface area contributed by atoms with Crippen molar-refractivity contribution < 1.29 is 9.53 Å². The predicted octanol–water partition coefficient (Wildman–Crippen LogP) is 1.17. The lowest BCUT2D eigenvalue weighted by Crippen LogP contribution is -2.18. The van der Waals surface area contributed by atoms with Crippen LogP contribution < -0.4 is 0 Å². The molecule has 1 aliphatic heterocycles. The summed E-state index contributed by atoms with van der Waals surface area (Å²) in [4.78, 5) is 15.2. The Kier molecular flexibility index (Phi) is 2.63. The fourth-order valence-corrected chi connectivity index (χ4v) is 1.15. The number of carbonyl (C=O) groups excluding carboxylic acids is 1. The molecule has 3 heteroatoms. The predicted molar refractivity (Wildman–Crippen MR) is 42.8 cm³/mol. The molecule has 0 aliphatic carbocycles. The Balaban J connectivity index is 2.43. The summed E-state index contributed by atoms with van der Waals surface area (Å²) in [5.41, 5.74) is 1.06. The summed E-state index contributed by atoms with van der Waals surface area (Å²) in [7, 11) is 0. The molecular formula is C8H13NO2. The minimum Gasteiger partial charge on any atom is -0.464 e. The second-order valence-electron chi connectivity index (χ2n) is 2.67. The molecule has 62 valence electrons. The summed E-state index contributed by atoms with van der Waals surface area (Å²) in [5, 5.41) is 0. The summed E-state index contributed by atoms with van der Waals surface area (Å²) in [6.45, 7) is 4.20. The molecule has 0 aromatic heterocycles. The van der Waals surface area contributed by atoms with Crippen molar-refractivity contribution in [1.29, 1.82) is 0 Å². The van der Waals surface area contributed by atoms with Crippen LogP contribution in [0.25, 0.3) is 0 Å². The Bertz CT molecular complexity index is 187. The molecule has 0 fully saturated rings. The first-order valence-electron chi connectivity index (χ1n) is 3.94. The first-order chi connectivity index (χ1) is 5.24. The van der Waals surface area contributed by atoms with Gasteiger partial charge in [0.2, 0.25) is 0 Å². The highest BCUT2D eigenvalue weighted by Gasteiger charge is 2.22.